The SMILES string of the molecule is CN(C)CCOc1nccc(-c2[nH]c(CC3OCC(C(=O)NCc4ccccc4)CO3)nc2-c2ccc(F)cc2)n1. The molecule has 0 bridgehead atoms. The van der Waals surface area contributed by atoms with E-state index in [0.717, 1.165) is 17.7 Å². The molecule has 2 aromatic heterocycles. The van der Waals surface area contributed by atoms with E-state index in [0.29, 0.717) is 42.5 Å². The number of nitrogens with one attached hydrogen (secondary N) is 2. The molecule has 10 nitrogen and oxygen atoms in total. The standard InChI is InChI=1S/C30H33FN6O4/c1-37(2)14-15-39-30-32-13-12-24(34-30)28-27(21-8-10-23(31)11-9-21)35-25(36-28)16-26-40-18-22(19-41-26)29(38)33-17-20-6-4-3-5-7-20/h3-13,22,26H,14-19H2,1-2H3,(H,33,38)(H,35,36). The molecule has 1 saturated heterocycles. The lowest BCUT2D eigenvalue weighted by Crippen LogP contribution is -2.42. The maximum Gasteiger partial charge on any atom is 0.316 e. The van der Waals surface area contributed by atoms with Gasteiger partial charge in [0.15, 0.2) is 6.29 Å². The summed E-state index contributed by atoms with van der Waals surface area (Å²) in [5.74, 6) is -0.247. The number of aromatic nitrogens is 4. The molecule has 2 N–H and O–H groups in total. The van der Waals surface area contributed by atoms with Crippen LogP contribution in [0.2, 0.25) is 0 Å². The lowest BCUT2D eigenvalue weighted by Gasteiger charge is -2.28. The number of imidazole rings is 1. The summed E-state index contributed by atoms with van der Waals surface area (Å²) in [4.78, 5) is 31.5. The molecule has 2 aromatic carbocycles. The van der Waals surface area contributed by atoms with E-state index in [2.05, 4.69) is 20.3 Å². The minimum Gasteiger partial charge on any atom is -0.462 e. The Morgan fingerprint density at radius 3 is 2.56 bits per heavy atom. The van der Waals surface area contributed by atoms with E-state index in [4.69, 9.17) is 19.2 Å². The van der Waals surface area contributed by atoms with E-state index >= 15 is 0 Å². The summed E-state index contributed by atoms with van der Waals surface area (Å²) in [6, 6.07) is 17.8. The maximum absolute atomic E-state index is 13.7. The van der Waals surface area contributed by atoms with Gasteiger partial charge in [0.1, 0.15) is 18.2 Å². The Bertz CT molecular complexity index is 1420. The van der Waals surface area contributed by atoms with Crippen LogP contribution < -0.4 is 10.1 Å². The quantitative estimate of drug-likeness (QED) is 0.287. The van der Waals surface area contributed by atoms with Crippen molar-refractivity contribution in [1.82, 2.24) is 30.2 Å². The van der Waals surface area contributed by atoms with Crippen molar-refractivity contribution >= 4 is 5.91 Å². The van der Waals surface area contributed by atoms with E-state index in [-0.39, 0.29) is 30.9 Å². The van der Waals surface area contributed by atoms with Gasteiger partial charge in [-0.2, -0.15) is 4.98 Å². The lowest BCUT2D eigenvalue weighted by molar-refractivity contribution is -0.201. The molecule has 41 heavy (non-hydrogen) atoms. The number of H-pyrrole nitrogens is 1. The molecule has 1 aliphatic rings. The average molecular weight is 561 g/mol. The van der Waals surface area contributed by atoms with E-state index in [1.165, 1.54) is 12.1 Å². The highest BCUT2D eigenvalue weighted by Gasteiger charge is 2.29. The van der Waals surface area contributed by atoms with Crippen LogP contribution in [0, 0.1) is 11.7 Å². The summed E-state index contributed by atoms with van der Waals surface area (Å²) in [5, 5.41) is 2.94. The van der Waals surface area contributed by atoms with E-state index in [1.54, 1.807) is 24.4 Å². The number of carbonyl (C=O) groups is 1. The first-order valence-electron chi connectivity index (χ1n) is 13.4. The molecule has 0 spiro atoms. The first kappa shape index (κ1) is 28.3. The van der Waals surface area contributed by atoms with Crippen molar-refractivity contribution in [1.29, 1.82) is 0 Å². The van der Waals surface area contributed by atoms with Crippen LogP contribution in [0.4, 0.5) is 4.39 Å². The highest BCUT2D eigenvalue weighted by Crippen LogP contribution is 2.30. The van der Waals surface area contributed by atoms with Gasteiger partial charge in [-0.1, -0.05) is 30.3 Å². The van der Waals surface area contributed by atoms with Crippen molar-refractivity contribution in [3.63, 3.8) is 0 Å². The van der Waals surface area contributed by atoms with Gasteiger partial charge >= 0.3 is 6.01 Å². The molecule has 3 heterocycles. The molecule has 4 aromatic rings. The summed E-state index contributed by atoms with van der Waals surface area (Å²) in [6.45, 7) is 2.09. The van der Waals surface area contributed by atoms with E-state index in [1.807, 2.05) is 49.3 Å². The molecule has 11 heteroatoms. The largest absolute Gasteiger partial charge is 0.462 e. The number of ether oxygens (including phenoxy) is 3. The van der Waals surface area contributed by atoms with Gasteiger partial charge in [-0.3, -0.25) is 4.79 Å². The molecule has 214 valence electrons. The van der Waals surface area contributed by atoms with Crippen molar-refractivity contribution in [2.24, 2.45) is 5.92 Å². The number of nitrogens with zero attached hydrogens (tertiary/aromatic N) is 4. The monoisotopic (exact) mass is 560 g/mol. The number of hydrogen-bond acceptors (Lipinski definition) is 8. The van der Waals surface area contributed by atoms with Gasteiger partial charge in [-0.05, 0) is 50.0 Å². The predicted octanol–water partition coefficient (Wildman–Crippen LogP) is 3.46. The van der Waals surface area contributed by atoms with Crippen LogP contribution >= 0.6 is 0 Å². The zero-order valence-electron chi connectivity index (χ0n) is 23.0. The minimum atomic E-state index is -0.580. The third-order valence-corrected chi connectivity index (χ3v) is 6.54. The van der Waals surface area contributed by atoms with Gasteiger partial charge in [-0.15, -0.1) is 0 Å². The van der Waals surface area contributed by atoms with Crippen molar-refractivity contribution in [3.05, 3.63) is 84.1 Å². The molecular formula is C30H33FN6O4. The molecule has 0 aliphatic carbocycles. The van der Waals surface area contributed by atoms with E-state index in [9.17, 15) is 9.18 Å². The number of carbonyl (C=O) groups excluding carboxylic acids is 1. The van der Waals surface area contributed by atoms with Crippen LogP contribution in [0.25, 0.3) is 22.6 Å². The Morgan fingerprint density at radius 2 is 1.83 bits per heavy atom. The van der Waals surface area contributed by atoms with Gasteiger partial charge in [0.05, 0.1) is 42.6 Å². The molecule has 5 rings (SSSR count). The third-order valence-electron chi connectivity index (χ3n) is 6.54. The number of rotatable bonds is 11. The normalized spacial score (nSPS) is 17.0. The van der Waals surface area contributed by atoms with Crippen molar-refractivity contribution in [2.75, 3.05) is 40.5 Å². The zero-order valence-corrected chi connectivity index (χ0v) is 23.0. The van der Waals surface area contributed by atoms with Crippen LogP contribution in [0.3, 0.4) is 0 Å². The van der Waals surface area contributed by atoms with Gasteiger partial charge in [0, 0.05) is 24.8 Å². The first-order valence-corrected chi connectivity index (χ1v) is 13.4. The Kier molecular flexibility index (Phi) is 9.29. The molecule has 0 saturated carbocycles. The average Bonchev–Trinajstić information content (AvgIpc) is 3.41. The summed E-state index contributed by atoms with van der Waals surface area (Å²) in [7, 11) is 3.92. The summed E-state index contributed by atoms with van der Waals surface area (Å²) in [6.07, 6.45) is 1.37. The van der Waals surface area contributed by atoms with Gasteiger partial charge in [0.2, 0.25) is 5.91 Å². The van der Waals surface area contributed by atoms with Crippen LogP contribution in [0.1, 0.15) is 11.4 Å². The molecule has 0 atom stereocenters. The molecule has 1 amide bonds. The highest BCUT2D eigenvalue weighted by atomic mass is 19.1. The number of benzene rings is 2. The van der Waals surface area contributed by atoms with Crippen LogP contribution in [-0.4, -0.2) is 77.5 Å². The van der Waals surface area contributed by atoms with Gasteiger partial charge in [0.25, 0.3) is 0 Å². The van der Waals surface area contributed by atoms with E-state index < -0.39 is 12.2 Å². The molecule has 1 aliphatic heterocycles. The lowest BCUT2D eigenvalue weighted by atomic mass is 10.1. The van der Waals surface area contributed by atoms with Crippen LogP contribution in [0.15, 0.2) is 66.9 Å². The molecule has 0 radical (unpaired) electrons. The summed E-state index contributed by atoms with van der Waals surface area (Å²) < 4.78 is 31.1. The van der Waals surface area contributed by atoms with Crippen molar-refractivity contribution in [3.8, 4) is 28.7 Å². The second-order valence-corrected chi connectivity index (χ2v) is 9.99. The van der Waals surface area contributed by atoms with Gasteiger partial charge < -0.3 is 29.4 Å². The fourth-order valence-electron chi connectivity index (χ4n) is 4.29. The third kappa shape index (κ3) is 7.72. The van der Waals surface area contributed by atoms with Gasteiger partial charge in [-0.25, -0.2) is 14.4 Å². The molecule has 0 unspecified atom stereocenters. The smallest absolute Gasteiger partial charge is 0.316 e. The molecular weight excluding hydrogens is 527 g/mol. The van der Waals surface area contributed by atoms with Crippen molar-refractivity contribution in [2.45, 2.75) is 19.3 Å². The minimum absolute atomic E-state index is 0.112. The number of amides is 1. The number of hydrogen-bond donors (Lipinski definition) is 2. The highest BCUT2D eigenvalue weighted by molar-refractivity contribution is 5.79. The maximum atomic E-state index is 13.7. The Balaban J connectivity index is 1.26. The number of halogens is 1. The van der Waals surface area contributed by atoms with Crippen LogP contribution in [-0.2, 0) is 27.2 Å². The topological polar surface area (TPSA) is 114 Å². The second kappa shape index (κ2) is 13.4. The fraction of sp³-hybridized carbons (Fsp3) is 0.333. The summed E-state index contributed by atoms with van der Waals surface area (Å²) >= 11 is 0. The summed E-state index contributed by atoms with van der Waals surface area (Å²) in [5.41, 5.74) is 3.57. The Morgan fingerprint density at radius 1 is 1.07 bits per heavy atom. The Labute approximate surface area is 237 Å². The fourth-order valence-corrected chi connectivity index (χ4v) is 4.29. The van der Waals surface area contributed by atoms with Crippen LogP contribution in [0.5, 0.6) is 6.01 Å². The second-order valence-electron chi connectivity index (χ2n) is 9.99. The Hall–Kier alpha value is -4.19. The number of aromatic amines is 1. The number of likely N-dealkylation sites (N-methyl/N-ethyl adjacent to an activating group) is 1. The first-order chi connectivity index (χ1) is 19.9. The predicted molar refractivity (Wildman–Crippen MR) is 150 cm³/mol. The van der Waals surface area contributed by atoms with Crippen molar-refractivity contribution < 1.29 is 23.4 Å². The zero-order chi connectivity index (χ0) is 28.6. The molecule has 1 fully saturated rings.